The summed E-state index contributed by atoms with van der Waals surface area (Å²) in [7, 11) is -0.983. The monoisotopic (exact) mass is 563 g/mol. The predicted molar refractivity (Wildman–Crippen MR) is 171 cm³/mol. The maximum absolute atomic E-state index is 12.7. The van der Waals surface area contributed by atoms with Crippen molar-refractivity contribution in [2.45, 2.75) is 72.4 Å². The molecule has 0 fully saturated rings. The van der Waals surface area contributed by atoms with Crippen LogP contribution in [0.15, 0.2) is 78.9 Å². The van der Waals surface area contributed by atoms with Crippen molar-refractivity contribution < 1.29 is 17.2 Å². The van der Waals surface area contributed by atoms with Crippen molar-refractivity contribution in [3.63, 3.8) is 0 Å². The van der Waals surface area contributed by atoms with Crippen LogP contribution >= 0.6 is 7.26 Å². The first-order valence-corrected chi connectivity index (χ1v) is 17.1. The Morgan fingerprint density at radius 3 is 1.92 bits per heavy atom. The highest BCUT2D eigenvalue weighted by Gasteiger charge is 2.35. The van der Waals surface area contributed by atoms with E-state index < -0.39 is 7.26 Å². The molecule has 0 heterocycles. The third kappa shape index (κ3) is 10.9. The molecule has 210 valence electrons. The number of hydrogen-bond donors (Lipinski definition) is 1. The lowest BCUT2D eigenvalue weighted by atomic mass is 10.0. The van der Waals surface area contributed by atoms with Gasteiger partial charge in [-0.1, -0.05) is 100 Å². The summed E-state index contributed by atoms with van der Waals surface area (Å²) in [5.74, 6) is -0.103. The van der Waals surface area contributed by atoms with Crippen molar-refractivity contribution in [1.82, 2.24) is 0 Å². The number of anilines is 1. The molecule has 3 rings (SSSR count). The summed E-state index contributed by atoms with van der Waals surface area (Å²) in [6.45, 7) is 9.06. The number of unbranched alkanes of at least 4 members (excludes halogenated alkanes) is 3. The molecular formula is C35H47ClNOP. The Morgan fingerprint density at radius 2 is 1.36 bits per heavy atom. The third-order valence-corrected chi connectivity index (χ3v) is 12.2. The molecule has 0 aromatic heterocycles. The quantitative estimate of drug-likeness (QED) is 0.153. The highest BCUT2D eigenvalue weighted by atomic mass is 35.5. The van der Waals surface area contributed by atoms with Crippen LogP contribution in [-0.4, -0.2) is 24.4 Å². The highest BCUT2D eigenvalue weighted by Crippen LogP contribution is 2.63. The summed E-state index contributed by atoms with van der Waals surface area (Å²) in [4.78, 5) is 12.7. The molecule has 2 nitrogen and oxygen atoms in total. The summed E-state index contributed by atoms with van der Waals surface area (Å²) < 4.78 is 0. The lowest BCUT2D eigenvalue weighted by molar-refractivity contribution is -0.111. The Morgan fingerprint density at radius 1 is 0.769 bits per heavy atom. The molecule has 0 atom stereocenters. The van der Waals surface area contributed by atoms with Crippen molar-refractivity contribution in [1.29, 1.82) is 0 Å². The SMILES string of the molecule is CCCC[P+](CCCC)(CCCC)Cc1ccc(NC(=O)/C=C/c2cccc(-c3ccc(C)cc3)c2)cc1.[Cl-]. The number of benzene rings is 3. The van der Waals surface area contributed by atoms with Gasteiger partial charge in [0.2, 0.25) is 5.91 Å². The molecular weight excluding hydrogens is 517 g/mol. The number of carbonyl (C=O) groups excluding carboxylic acids is 1. The van der Waals surface area contributed by atoms with Crippen LogP contribution in [-0.2, 0) is 11.0 Å². The molecule has 1 amide bonds. The minimum absolute atomic E-state index is 0. The van der Waals surface area contributed by atoms with Gasteiger partial charge in [0.15, 0.2) is 0 Å². The topological polar surface area (TPSA) is 29.1 Å². The fraction of sp³-hybridized carbons (Fsp3) is 0.400. The molecule has 0 radical (unpaired) electrons. The van der Waals surface area contributed by atoms with E-state index in [1.807, 2.05) is 18.2 Å². The molecule has 1 N–H and O–H groups in total. The molecule has 0 saturated carbocycles. The van der Waals surface area contributed by atoms with Crippen LogP contribution in [0.3, 0.4) is 0 Å². The summed E-state index contributed by atoms with van der Waals surface area (Å²) >= 11 is 0. The first-order valence-electron chi connectivity index (χ1n) is 14.6. The summed E-state index contributed by atoms with van der Waals surface area (Å²) in [6.07, 6.45) is 17.0. The Balaban J connectivity index is 0.00000533. The van der Waals surface area contributed by atoms with Gasteiger partial charge in [0.05, 0.1) is 24.6 Å². The number of amides is 1. The van der Waals surface area contributed by atoms with Crippen molar-refractivity contribution in [2.24, 2.45) is 0 Å². The lowest BCUT2D eigenvalue weighted by Gasteiger charge is -2.28. The van der Waals surface area contributed by atoms with E-state index in [4.69, 9.17) is 0 Å². The molecule has 3 aromatic rings. The Kier molecular flexibility index (Phi) is 14.6. The number of rotatable bonds is 15. The Bertz CT molecular complexity index is 1130. The molecule has 0 aliphatic rings. The van der Waals surface area contributed by atoms with Gasteiger partial charge in [0.1, 0.15) is 0 Å². The van der Waals surface area contributed by atoms with Gasteiger partial charge >= 0.3 is 0 Å². The van der Waals surface area contributed by atoms with E-state index >= 15 is 0 Å². The van der Waals surface area contributed by atoms with Crippen molar-refractivity contribution in [3.05, 3.63) is 95.6 Å². The van der Waals surface area contributed by atoms with Crippen LogP contribution in [0.4, 0.5) is 5.69 Å². The molecule has 0 aliphatic heterocycles. The van der Waals surface area contributed by atoms with Gasteiger partial charge in [-0.2, -0.15) is 0 Å². The molecule has 0 spiro atoms. The average molecular weight is 564 g/mol. The fourth-order valence-corrected chi connectivity index (χ4v) is 10.1. The van der Waals surface area contributed by atoms with Crippen molar-refractivity contribution in [3.8, 4) is 11.1 Å². The Labute approximate surface area is 244 Å². The largest absolute Gasteiger partial charge is 1.00 e. The first kappa shape index (κ1) is 32.8. The van der Waals surface area contributed by atoms with Gasteiger partial charge < -0.3 is 17.7 Å². The molecule has 3 aromatic carbocycles. The van der Waals surface area contributed by atoms with E-state index in [-0.39, 0.29) is 18.3 Å². The highest BCUT2D eigenvalue weighted by molar-refractivity contribution is 7.75. The number of aryl methyl sites for hydroxylation is 1. The van der Waals surface area contributed by atoms with E-state index in [1.54, 1.807) is 6.08 Å². The molecule has 0 unspecified atom stereocenters. The number of carbonyl (C=O) groups is 1. The van der Waals surface area contributed by atoms with Crippen LogP contribution in [0.1, 0.15) is 76.0 Å². The number of halogens is 1. The van der Waals surface area contributed by atoms with E-state index in [9.17, 15) is 4.79 Å². The third-order valence-electron chi connectivity index (χ3n) is 7.40. The second kappa shape index (κ2) is 17.3. The molecule has 0 aliphatic carbocycles. The zero-order valence-corrected chi connectivity index (χ0v) is 26.0. The molecule has 0 bridgehead atoms. The van der Waals surface area contributed by atoms with Crippen LogP contribution in [0, 0.1) is 6.92 Å². The van der Waals surface area contributed by atoms with Gasteiger partial charge in [-0.25, -0.2) is 0 Å². The summed E-state index contributed by atoms with van der Waals surface area (Å²) in [5, 5.41) is 3.04. The predicted octanol–water partition coefficient (Wildman–Crippen LogP) is 7.24. The minimum atomic E-state index is -0.983. The van der Waals surface area contributed by atoms with Gasteiger partial charge in [0, 0.05) is 19.0 Å². The summed E-state index contributed by atoms with van der Waals surface area (Å²) in [6, 6.07) is 25.4. The molecule has 4 heteroatoms. The van der Waals surface area contributed by atoms with Gasteiger partial charge in [-0.15, -0.1) is 0 Å². The van der Waals surface area contributed by atoms with Crippen LogP contribution < -0.4 is 17.7 Å². The van der Waals surface area contributed by atoms with Crippen LogP contribution in [0.25, 0.3) is 17.2 Å². The maximum Gasteiger partial charge on any atom is 0.248 e. The average Bonchev–Trinajstić information content (AvgIpc) is 2.94. The zero-order valence-electron chi connectivity index (χ0n) is 24.4. The van der Waals surface area contributed by atoms with Gasteiger partial charge in [0.25, 0.3) is 0 Å². The van der Waals surface area contributed by atoms with Gasteiger partial charge in [-0.3, -0.25) is 4.79 Å². The number of nitrogens with one attached hydrogen (secondary N) is 1. The minimum Gasteiger partial charge on any atom is -1.00 e. The van der Waals surface area contributed by atoms with E-state index in [0.29, 0.717) is 0 Å². The maximum atomic E-state index is 12.7. The van der Waals surface area contributed by atoms with E-state index in [0.717, 1.165) is 16.8 Å². The van der Waals surface area contributed by atoms with E-state index in [2.05, 4.69) is 93.7 Å². The van der Waals surface area contributed by atoms with E-state index in [1.165, 1.54) is 79.9 Å². The second-order valence-corrected chi connectivity index (χ2v) is 15.1. The lowest BCUT2D eigenvalue weighted by Crippen LogP contribution is -3.00. The van der Waals surface area contributed by atoms with Crippen molar-refractivity contribution >= 4 is 24.9 Å². The molecule has 39 heavy (non-hydrogen) atoms. The zero-order chi connectivity index (χ0) is 27.2. The van der Waals surface area contributed by atoms with Crippen LogP contribution in [0.5, 0.6) is 0 Å². The number of hydrogen-bond acceptors (Lipinski definition) is 1. The standard InChI is InChI=1S/C35H46NOP.ClH/c1-5-8-24-38(25-9-6-2,26-10-7-3)28-31-16-21-34(22-17-31)36-35(37)23-18-30-12-11-13-33(27-30)32-19-14-29(4)15-20-32;/h11-23,27H,5-10,24-26,28H2,1-4H3;1H/b23-18+;. The molecule has 0 saturated heterocycles. The fourth-order valence-electron chi connectivity index (χ4n) is 5.06. The van der Waals surface area contributed by atoms with Crippen LogP contribution in [0.2, 0.25) is 0 Å². The van der Waals surface area contributed by atoms with Gasteiger partial charge in [-0.05, 0) is 72.7 Å². The van der Waals surface area contributed by atoms with Crippen molar-refractivity contribution in [2.75, 3.05) is 23.8 Å². The summed E-state index contributed by atoms with van der Waals surface area (Å²) in [5.41, 5.74) is 6.89. The Hall–Kier alpha value is -2.41. The smallest absolute Gasteiger partial charge is 0.248 e. The normalized spacial score (nSPS) is 11.4. The first-order chi connectivity index (χ1) is 18.5. The second-order valence-electron chi connectivity index (χ2n) is 10.7.